The molecule has 4 aromatic heterocycles. The topological polar surface area (TPSA) is 462 Å². The van der Waals surface area contributed by atoms with Crippen LogP contribution in [-0.4, -0.2) is 192 Å². The summed E-state index contributed by atoms with van der Waals surface area (Å²) < 4.78 is 0. The van der Waals surface area contributed by atoms with Crippen molar-refractivity contribution in [3.63, 3.8) is 0 Å². The van der Waals surface area contributed by atoms with E-state index in [0.29, 0.717) is 117 Å². The Labute approximate surface area is 648 Å². The van der Waals surface area contributed by atoms with Gasteiger partial charge in [-0.25, -0.2) is 19.2 Å². The lowest BCUT2D eigenvalue weighted by atomic mass is 9.93. The number of aryl methyl sites for hydroxylation is 3. The zero-order valence-electron chi connectivity index (χ0n) is 63.3. The Balaban J connectivity index is 0.000000114. The van der Waals surface area contributed by atoms with Gasteiger partial charge in [0.05, 0.1) is 28.9 Å². The number of rotatable bonds is 10. The fourth-order valence-electron chi connectivity index (χ4n) is 19.6. The van der Waals surface area contributed by atoms with Crippen molar-refractivity contribution in [2.24, 2.45) is 47.0 Å². The van der Waals surface area contributed by atoms with Crippen molar-refractivity contribution in [3.8, 4) is 68.0 Å². The molecule has 4 aliphatic heterocycles. The number of H-pyrrole nitrogens is 4. The molecule has 11 aliphatic rings. The molecule has 8 aromatic rings. The van der Waals surface area contributed by atoms with E-state index in [-0.39, 0.29) is 18.3 Å². The summed E-state index contributed by atoms with van der Waals surface area (Å²) in [5.74, 6) is -3.88. The number of anilines is 4. The van der Waals surface area contributed by atoms with Crippen LogP contribution in [0.15, 0.2) is 92.0 Å². The number of aromatic carboxylic acids is 4. The highest BCUT2D eigenvalue weighted by molar-refractivity contribution is 5.95. The maximum Gasteiger partial charge on any atom is 0.345 e. The summed E-state index contributed by atoms with van der Waals surface area (Å²) in [5, 5.41) is 93.2. The number of fused-ring (bicyclic) bond motifs is 15. The molecule has 19 rings (SSSR count). The molecule has 4 saturated heterocycles. The molecular formula is C84H94N12O17. The van der Waals surface area contributed by atoms with Crippen LogP contribution in [0.2, 0.25) is 0 Å². The van der Waals surface area contributed by atoms with Crippen LogP contribution in [0.3, 0.4) is 0 Å². The molecule has 7 aliphatic carbocycles. The van der Waals surface area contributed by atoms with E-state index in [2.05, 4.69) is 94.2 Å². The number of hydrogen-bond acceptors (Lipinski definition) is 21. The third-order valence-corrected chi connectivity index (χ3v) is 26.2. The summed E-state index contributed by atoms with van der Waals surface area (Å²) in [6.07, 6.45) is 6.18. The Bertz CT molecular complexity index is 5500. The zero-order chi connectivity index (χ0) is 79.9. The van der Waals surface area contributed by atoms with Crippen molar-refractivity contribution in [1.29, 1.82) is 0 Å². The SMILES string of the molecule is CC1CCc2cc(N3CCC(N(C)C)C3)ccc2-c2[nH]c(=O)c(C(=O)O)c(O)c21.CC1CCc2cc(N3C[C@@H]4C(N)[C@@H]4C3)ccc2-c2[nH]c(=O)c(C(=O)O)c(O)c21.CNC1[C@H]2CN(c3ccc4c(c3)CCCc3c-4[nH]c(=O)c(C(=O)O)c3O)C[C@@H]12.NC1[C@H]2CN(c3ccc4c(c3)C(O)CCc3c-4[nH]c(=O)c(C(=O)O)c3O)C[C@@H]12. The fraction of sp³-hybridized carbons (Fsp3) is 0.429. The van der Waals surface area contributed by atoms with Gasteiger partial charge in [0.1, 0.15) is 23.0 Å². The lowest BCUT2D eigenvalue weighted by Crippen LogP contribution is -2.31. The number of carboxylic acid groups (broad SMARTS) is 4. The Morgan fingerprint density at radius 2 is 0.805 bits per heavy atom. The molecular weight excluding hydrogens is 1450 g/mol. The van der Waals surface area contributed by atoms with Gasteiger partial charge in [-0.15, -0.1) is 0 Å². The van der Waals surface area contributed by atoms with Gasteiger partial charge in [-0.3, -0.25) is 19.2 Å². The minimum Gasteiger partial charge on any atom is -0.506 e. The van der Waals surface area contributed by atoms with Crippen molar-refractivity contribution in [1.82, 2.24) is 30.2 Å². The van der Waals surface area contributed by atoms with Gasteiger partial charge in [-0.05, 0) is 203 Å². The maximum absolute atomic E-state index is 12.3. The number of carboxylic acids is 4. The number of pyridine rings is 4. The van der Waals surface area contributed by atoms with Crippen LogP contribution in [0.4, 0.5) is 22.7 Å². The third-order valence-electron chi connectivity index (χ3n) is 26.2. The van der Waals surface area contributed by atoms with E-state index >= 15 is 0 Å². The highest BCUT2D eigenvalue weighted by Gasteiger charge is 2.56. The van der Waals surface area contributed by atoms with Crippen LogP contribution in [0.25, 0.3) is 45.0 Å². The lowest BCUT2D eigenvalue weighted by Gasteiger charge is -2.24. The van der Waals surface area contributed by atoms with E-state index < -0.39 is 97.5 Å². The van der Waals surface area contributed by atoms with Gasteiger partial charge >= 0.3 is 23.9 Å². The highest BCUT2D eigenvalue weighted by Crippen LogP contribution is 2.52. The Morgan fingerprint density at radius 3 is 1.22 bits per heavy atom. The second kappa shape index (κ2) is 29.1. The lowest BCUT2D eigenvalue weighted by molar-refractivity contribution is 0.0680. The summed E-state index contributed by atoms with van der Waals surface area (Å²) in [7, 11) is 6.24. The molecule has 29 nitrogen and oxygen atoms in total. The van der Waals surface area contributed by atoms with E-state index in [1.54, 1.807) is 0 Å². The summed E-state index contributed by atoms with van der Waals surface area (Å²) in [4.78, 5) is 117. The number of aromatic hydroxyl groups is 4. The van der Waals surface area contributed by atoms with Gasteiger partial charge in [-0.1, -0.05) is 38.1 Å². The number of benzene rings is 4. The number of aromatic amines is 4. The number of nitrogens with two attached hydrogens (primary N) is 2. The largest absolute Gasteiger partial charge is 0.506 e. The van der Waals surface area contributed by atoms with Crippen molar-refractivity contribution < 1.29 is 65.1 Å². The van der Waals surface area contributed by atoms with Gasteiger partial charge in [0.25, 0.3) is 22.2 Å². The number of aliphatic hydroxyl groups excluding tert-OH is 1. The number of aromatic nitrogens is 4. The van der Waals surface area contributed by atoms with Gasteiger partial charge in [0.15, 0.2) is 22.3 Å². The number of aliphatic hydroxyl groups is 1. The number of hydrogen-bond donors (Lipinski definition) is 16. The first-order valence-corrected chi connectivity index (χ1v) is 38.9. The quantitative estimate of drug-likeness (QED) is 0.0659. The number of carbonyl (C=O) groups is 4. The first-order chi connectivity index (χ1) is 54.0. The minimum atomic E-state index is -1.48. The third kappa shape index (κ3) is 13.4. The summed E-state index contributed by atoms with van der Waals surface area (Å²) >= 11 is 0. The van der Waals surface area contributed by atoms with Gasteiger partial charge in [0.2, 0.25) is 0 Å². The normalized spacial score (nSPS) is 25.2. The number of likely N-dealkylation sites (N-methyl/N-ethyl adjacent to an activating group) is 1. The van der Waals surface area contributed by atoms with E-state index in [0.717, 1.165) is 160 Å². The smallest absolute Gasteiger partial charge is 0.345 e. The summed E-state index contributed by atoms with van der Waals surface area (Å²) in [6, 6.07) is 26.1. The van der Waals surface area contributed by atoms with E-state index in [1.807, 2.05) is 63.4 Å². The van der Waals surface area contributed by atoms with Crippen molar-refractivity contribution in [2.45, 2.75) is 120 Å². The van der Waals surface area contributed by atoms with Gasteiger partial charge < -0.3 is 107 Å². The Kier molecular flexibility index (Phi) is 19.5. The van der Waals surface area contributed by atoms with Gasteiger partial charge in [0, 0.05) is 144 Å². The van der Waals surface area contributed by atoms with Gasteiger partial charge in [-0.2, -0.15) is 0 Å². The molecule has 0 spiro atoms. The van der Waals surface area contributed by atoms with Crippen LogP contribution < -0.4 is 58.6 Å². The molecule has 7 fully saturated rings. The van der Waals surface area contributed by atoms with Crippen LogP contribution >= 0.6 is 0 Å². The van der Waals surface area contributed by atoms with E-state index in [1.165, 1.54) is 5.69 Å². The van der Waals surface area contributed by atoms with E-state index in [9.17, 15) is 84.3 Å². The number of nitrogens with one attached hydrogen (secondary N) is 5. The van der Waals surface area contributed by atoms with Crippen molar-refractivity contribution in [3.05, 3.63) is 181 Å². The molecule has 0 amide bonds. The number of piperidine rings is 3. The fourth-order valence-corrected chi connectivity index (χ4v) is 19.6. The van der Waals surface area contributed by atoms with Crippen LogP contribution in [0.1, 0.15) is 150 Å². The molecule has 8 heterocycles. The second-order valence-corrected chi connectivity index (χ2v) is 32.8. The van der Waals surface area contributed by atoms with Crippen LogP contribution in [0.5, 0.6) is 23.0 Å². The molecule has 18 N–H and O–H groups in total. The molecule has 0 bridgehead atoms. The van der Waals surface area contributed by atoms with Crippen molar-refractivity contribution >= 4 is 46.6 Å². The van der Waals surface area contributed by atoms with Crippen LogP contribution in [0, 0.1) is 35.5 Å². The Hall–Kier alpha value is -11.2. The summed E-state index contributed by atoms with van der Waals surface area (Å²) in [5.41, 5.74) is 22.1. The van der Waals surface area contributed by atoms with E-state index in [4.69, 9.17) is 11.5 Å². The predicted octanol–water partition coefficient (Wildman–Crippen LogP) is 6.93. The molecule has 7 unspecified atom stereocenters. The molecule has 4 aromatic carbocycles. The Morgan fingerprint density at radius 1 is 0.442 bits per heavy atom. The molecule has 0 radical (unpaired) electrons. The maximum atomic E-state index is 12.3. The first kappa shape index (κ1) is 75.8. The molecule has 3 saturated carbocycles. The standard InChI is InChI=1S/C22H27N3O4.2C21H23N3O4.C20H21N3O5/c1-12-4-5-13-10-14(25-9-8-15(11-25)24(2)3)6-7-16(13)19-17(12)20(26)18(22(28)29)21(27)23-19;1-9-2-3-10-6-11(24-7-13-14(8-24)17(13)22)4-5-12(10)18-15(9)19(25)16(21(27)28)20(26)23-18;1-22-17-14-8-24(9-15(14)17)11-5-6-12-10(7-11)3-2-4-13-18(12)23-20(26)16(19(13)25)21(27)28;21-16-12-6-23(7-13(12)16)8-1-2-9-11(5-8)14(24)4-3-10-17(9)22-19(26)15(18(10)25)20(27)28/h6-7,10,12,15H,4-5,8-9,11H2,1-3H3,(H,28,29)(H2,23,26,27);4-6,9,13-14,17H,2-3,7-8,22H2,1H3,(H,27,28)(H2,23,25,26);5-7,14-15,17,22H,2-4,8-9H2,1H3,(H,27,28)(H2,23,25,26);1-2,5,12-14,16,24H,3-4,6-7,21H2,(H,27,28)(H2,22,25,26)/t;9?,13-,14+,17?;14-,15+,17?;12-,13+,14?,16?. The first-order valence-electron chi connectivity index (χ1n) is 38.9. The average molecular weight is 1540 g/mol. The second-order valence-electron chi connectivity index (χ2n) is 32.8. The minimum absolute atomic E-state index is 0.0688. The van der Waals surface area contributed by atoms with Crippen LogP contribution in [-0.2, 0) is 32.1 Å². The molecule has 29 heteroatoms. The molecule has 13 atom stereocenters. The zero-order valence-corrected chi connectivity index (χ0v) is 63.3. The number of nitrogens with zero attached hydrogens (tertiary/aromatic N) is 5. The predicted molar refractivity (Wildman–Crippen MR) is 424 cm³/mol. The summed E-state index contributed by atoms with van der Waals surface area (Å²) in [6.45, 7) is 11.8. The highest BCUT2D eigenvalue weighted by atomic mass is 16.4. The molecule has 592 valence electrons. The molecule has 113 heavy (non-hydrogen) atoms. The monoisotopic (exact) mass is 1540 g/mol. The average Bonchev–Trinajstić information content (AvgIpc) is 1.60. The van der Waals surface area contributed by atoms with Crippen molar-refractivity contribution in [2.75, 3.05) is 93.1 Å².